The van der Waals surface area contributed by atoms with Crippen LogP contribution in [-0.4, -0.2) is 34.6 Å². The van der Waals surface area contributed by atoms with Crippen molar-refractivity contribution in [1.29, 1.82) is 0 Å². The third-order valence-electron chi connectivity index (χ3n) is 3.57. The summed E-state index contributed by atoms with van der Waals surface area (Å²) >= 11 is 7.27. The minimum absolute atomic E-state index is 0.0234. The Morgan fingerprint density at radius 1 is 1.55 bits per heavy atom. The van der Waals surface area contributed by atoms with Crippen LogP contribution in [0.25, 0.3) is 0 Å². The zero-order valence-corrected chi connectivity index (χ0v) is 12.9. The van der Waals surface area contributed by atoms with E-state index in [2.05, 4.69) is 5.32 Å². The smallest absolute Gasteiger partial charge is 0.326 e. The number of thiophene rings is 1. The number of aliphatic carboxylic acids is 1. The SMILES string of the molecule is CC(NC(=O)N1CCC(C)C1C(=O)O)c1ccc(Cl)s1. The van der Waals surface area contributed by atoms with Crippen molar-refractivity contribution in [3.05, 3.63) is 21.3 Å². The van der Waals surface area contributed by atoms with Crippen molar-refractivity contribution in [1.82, 2.24) is 10.2 Å². The fraction of sp³-hybridized carbons (Fsp3) is 0.538. The number of rotatable bonds is 3. The molecule has 1 saturated heterocycles. The molecule has 1 fully saturated rings. The van der Waals surface area contributed by atoms with Crippen molar-refractivity contribution < 1.29 is 14.7 Å². The van der Waals surface area contributed by atoms with Gasteiger partial charge in [0.05, 0.1) is 10.4 Å². The topological polar surface area (TPSA) is 69.6 Å². The van der Waals surface area contributed by atoms with Crippen molar-refractivity contribution in [2.45, 2.75) is 32.4 Å². The lowest BCUT2D eigenvalue weighted by molar-refractivity contribution is -0.142. The lowest BCUT2D eigenvalue weighted by atomic mass is 10.0. The van der Waals surface area contributed by atoms with E-state index in [0.29, 0.717) is 17.3 Å². The summed E-state index contributed by atoms with van der Waals surface area (Å²) in [5, 5.41) is 12.1. The number of nitrogens with one attached hydrogen (secondary N) is 1. The number of nitrogens with zero attached hydrogens (tertiary/aromatic N) is 1. The van der Waals surface area contributed by atoms with E-state index in [1.807, 2.05) is 19.9 Å². The zero-order chi connectivity index (χ0) is 14.9. The highest BCUT2D eigenvalue weighted by atomic mass is 35.5. The van der Waals surface area contributed by atoms with Crippen molar-refractivity contribution in [3.63, 3.8) is 0 Å². The minimum atomic E-state index is -0.947. The summed E-state index contributed by atoms with van der Waals surface area (Å²) in [6.45, 7) is 4.19. The first kappa shape index (κ1) is 15.1. The summed E-state index contributed by atoms with van der Waals surface area (Å²) in [6.07, 6.45) is 0.712. The van der Waals surface area contributed by atoms with Gasteiger partial charge in [0.1, 0.15) is 6.04 Å². The molecule has 0 spiro atoms. The fourth-order valence-electron chi connectivity index (χ4n) is 2.45. The highest BCUT2D eigenvalue weighted by Crippen LogP contribution is 2.28. The molecule has 0 saturated carbocycles. The number of urea groups is 1. The average Bonchev–Trinajstić information content (AvgIpc) is 2.95. The first-order valence-corrected chi connectivity index (χ1v) is 7.64. The van der Waals surface area contributed by atoms with Gasteiger partial charge >= 0.3 is 12.0 Å². The Kier molecular flexibility index (Phi) is 4.55. The molecule has 5 nitrogen and oxygen atoms in total. The van der Waals surface area contributed by atoms with Crippen LogP contribution in [0.2, 0.25) is 4.34 Å². The fourth-order valence-corrected chi connectivity index (χ4v) is 3.51. The molecule has 7 heteroatoms. The molecule has 0 bridgehead atoms. The second kappa shape index (κ2) is 6.01. The maximum absolute atomic E-state index is 12.2. The Morgan fingerprint density at radius 2 is 2.25 bits per heavy atom. The highest BCUT2D eigenvalue weighted by Gasteiger charge is 2.39. The lowest BCUT2D eigenvalue weighted by Gasteiger charge is -2.25. The van der Waals surface area contributed by atoms with Crippen LogP contribution in [-0.2, 0) is 4.79 Å². The number of carboxylic acids is 1. The number of likely N-dealkylation sites (tertiary alicyclic amines) is 1. The van der Waals surface area contributed by atoms with Crippen LogP contribution in [0.15, 0.2) is 12.1 Å². The van der Waals surface area contributed by atoms with Gasteiger partial charge in [0, 0.05) is 11.4 Å². The van der Waals surface area contributed by atoms with Gasteiger partial charge < -0.3 is 15.3 Å². The molecule has 1 aliphatic heterocycles. The zero-order valence-electron chi connectivity index (χ0n) is 11.3. The molecule has 0 aromatic carbocycles. The van der Waals surface area contributed by atoms with E-state index in [-0.39, 0.29) is 18.0 Å². The molecule has 2 N–H and O–H groups in total. The average molecular weight is 317 g/mol. The van der Waals surface area contributed by atoms with Gasteiger partial charge in [-0.15, -0.1) is 11.3 Å². The molecule has 1 aliphatic rings. The standard InChI is InChI=1S/C13H17ClN2O3S/c1-7-5-6-16(11(7)12(17)18)13(19)15-8(2)9-3-4-10(14)20-9/h3-4,7-8,11H,5-6H2,1-2H3,(H,15,19)(H,17,18). The summed E-state index contributed by atoms with van der Waals surface area (Å²) in [5.74, 6) is -0.971. The molecule has 1 aromatic heterocycles. The van der Waals surface area contributed by atoms with Crippen molar-refractivity contribution in [2.75, 3.05) is 6.54 Å². The van der Waals surface area contributed by atoms with Gasteiger partial charge in [-0.1, -0.05) is 18.5 Å². The van der Waals surface area contributed by atoms with E-state index in [0.717, 1.165) is 4.88 Å². The van der Waals surface area contributed by atoms with E-state index in [9.17, 15) is 14.7 Å². The normalized spacial score (nSPS) is 23.6. The molecular formula is C13H17ClN2O3S. The minimum Gasteiger partial charge on any atom is -0.480 e. The maximum Gasteiger partial charge on any atom is 0.326 e. The van der Waals surface area contributed by atoms with Gasteiger partial charge in [-0.2, -0.15) is 0 Å². The van der Waals surface area contributed by atoms with Crippen LogP contribution in [0.5, 0.6) is 0 Å². The molecule has 2 amide bonds. The molecule has 1 aromatic rings. The van der Waals surface area contributed by atoms with Crippen LogP contribution >= 0.6 is 22.9 Å². The maximum atomic E-state index is 12.2. The summed E-state index contributed by atoms with van der Waals surface area (Å²) in [7, 11) is 0. The van der Waals surface area contributed by atoms with E-state index < -0.39 is 12.0 Å². The molecule has 0 radical (unpaired) electrons. The van der Waals surface area contributed by atoms with Gasteiger partial charge in [0.2, 0.25) is 0 Å². The Hall–Kier alpha value is -1.27. The lowest BCUT2D eigenvalue weighted by Crippen LogP contribution is -2.48. The Labute approximate surface area is 126 Å². The number of carbonyl (C=O) groups excluding carboxylic acids is 1. The Bertz CT molecular complexity index is 519. The van der Waals surface area contributed by atoms with E-state index in [4.69, 9.17) is 11.6 Å². The summed E-state index contributed by atoms with van der Waals surface area (Å²) in [5.41, 5.74) is 0. The number of carbonyl (C=O) groups is 2. The third-order valence-corrected chi connectivity index (χ3v) is 4.99. The van der Waals surface area contributed by atoms with Crippen LogP contribution in [0.4, 0.5) is 4.79 Å². The molecule has 110 valence electrons. The van der Waals surface area contributed by atoms with Gasteiger partial charge in [-0.05, 0) is 31.4 Å². The molecule has 2 rings (SSSR count). The van der Waals surface area contributed by atoms with Crippen molar-refractivity contribution in [2.24, 2.45) is 5.92 Å². The van der Waals surface area contributed by atoms with Crippen molar-refractivity contribution >= 4 is 34.9 Å². The largest absolute Gasteiger partial charge is 0.480 e. The second-order valence-corrected chi connectivity index (χ2v) is 6.80. The first-order chi connectivity index (χ1) is 9.40. The monoisotopic (exact) mass is 316 g/mol. The number of halogens is 1. The molecule has 2 heterocycles. The van der Waals surface area contributed by atoms with E-state index in [1.54, 1.807) is 6.07 Å². The predicted molar refractivity (Wildman–Crippen MR) is 78.2 cm³/mol. The van der Waals surface area contributed by atoms with Crippen LogP contribution in [0.1, 0.15) is 31.2 Å². The molecule has 3 unspecified atom stereocenters. The predicted octanol–water partition coefficient (Wildman–Crippen LogP) is 2.97. The van der Waals surface area contributed by atoms with Gasteiger partial charge in [-0.3, -0.25) is 0 Å². The highest BCUT2D eigenvalue weighted by molar-refractivity contribution is 7.16. The van der Waals surface area contributed by atoms with Gasteiger partial charge in [0.15, 0.2) is 0 Å². The number of amides is 2. The van der Waals surface area contributed by atoms with Crippen LogP contribution in [0.3, 0.4) is 0 Å². The summed E-state index contributed by atoms with van der Waals surface area (Å²) < 4.78 is 0.666. The number of hydrogen-bond donors (Lipinski definition) is 2. The van der Waals surface area contributed by atoms with E-state index in [1.165, 1.54) is 16.2 Å². The quantitative estimate of drug-likeness (QED) is 0.900. The van der Waals surface area contributed by atoms with Crippen LogP contribution in [0, 0.1) is 5.92 Å². The molecule has 3 atom stereocenters. The third kappa shape index (κ3) is 3.07. The van der Waals surface area contributed by atoms with Crippen molar-refractivity contribution in [3.8, 4) is 0 Å². The molecular weight excluding hydrogens is 300 g/mol. The van der Waals surface area contributed by atoms with Gasteiger partial charge in [0.25, 0.3) is 0 Å². The summed E-state index contributed by atoms with van der Waals surface area (Å²) in [4.78, 5) is 25.8. The van der Waals surface area contributed by atoms with Crippen LogP contribution < -0.4 is 5.32 Å². The Balaban J connectivity index is 2.03. The number of hydrogen-bond acceptors (Lipinski definition) is 3. The van der Waals surface area contributed by atoms with Gasteiger partial charge in [-0.25, -0.2) is 9.59 Å². The first-order valence-electron chi connectivity index (χ1n) is 6.45. The second-order valence-electron chi connectivity index (χ2n) is 5.06. The van der Waals surface area contributed by atoms with E-state index >= 15 is 0 Å². The molecule has 0 aliphatic carbocycles. The molecule has 20 heavy (non-hydrogen) atoms. The number of carboxylic acid groups (broad SMARTS) is 1. The summed E-state index contributed by atoms with van der Waals surface area (Å²) in [6, 6.07) is 2.37. The Morgan fingerprint density at radius 3 is 2.80 bits per heavy atom.